The molecule has 0 aliphatic carbocycles. The molecule has 0 radical (unpaired) electrons. The van der Waals surface area contributed by atoms with Gasteiger partial charge in [0.05, 0.1) is 22.6 Å². The summed E-state index contributed by atoms with van der Waals surface area (Å²) in [5, 5.41) is 11.0. The lowest BCUT2D eigenvalue weighted by atomic mass is 10.1. The molecule has 0 bridgehead atoms. The van der Waals surface area contributed by atoms with Crippen molar-refractivity contribution < 1.29 is 22.5 Å². The highest BCUT2D eigenvalue weighted by molar-refractivity contribution is 7.90. The van der Waals surface area contributed by atoms with Gasteiger partial charge >= 0.3 is 0 Å². The maximum Gasteiger partial charge on any atom is 0.277 e. The van der Waals surface area contributed by atoms with Crippen molar-refractivity contribution in [1.82, 2.24) is 4.31 Å². The van der Waals surface area contributed by atoms with Gasteiger partial charge in [0, 0.05) is 6.07 Å². The number of nitrogens with zero attached hydrogens (tertiary/aromatic N) is 2. The minimum absolute atomic E-state index is 0.0357. The molecule has 0 saturated heterocycles. The standard InChI is InChI=1S/C14H9FN2O5S/c15-11-5-3-6-12(17(19)20)10(11)8-16-14(18)9-4-1-2-7-13(9)23(16,21)22/h1-7H,8H2. The van der Waals surface area contributed by atoms with Crippen molar-refractivity contribution in [2.24, 2.45) is 0 Å². The van der Waals surface area contributed by atoms with Crippen LogP contribution >= 0.6 is 0 Å². The first-order chi connectivity index (χ1) is 10.8. The van der Waals surface area contributed by atoms with E-state index in [4.69, 9.17) is 0 Å². The van der Waals surface area contributed by atoms with Crippen LogP contribution in [0.5, 0.6) is 0 Å². The van der Waals surface area contributed by atoms with Gasteiger partial charge in [0.1, 0.15) is 10.7 Å². The summed E-state index contributed by atoms with van der Waals surface area (Å²) in [5.74, 6) is -1.78. The van der Waals surface area contributed by atoms with Crippen molar-refractivity contribution in [3.8, 4) is 0 Å². The van der Waals surface area contributed by atoms with Crippen molar-refractivity contribution in [2.45, 2.75) is 11.4 Å². The minimum Gasteiger partial charge on any atom is -0.268 e. The van der Waals surface area contributed by atoms with E-state index in [0.717, 1.165) is 18.2 Å². The SMILES string of the molecule is O=C1c2ccccc2S(=O)(=O)N1Cc1c(F)cccc1[N+](=O)[O-]. The number of carbonyl (C=O) groups is 1. The highest BCUT2D eigenvalue weighted by Crippen LogP contribution is 2.33. The molecule has 0 aromatic heterocycles. The minimum atomic E-state index is -4.16. The maximum absolute atomic E-state index is 13.9. The average molecular weight is 336 g/mol. The monoisotopic (exact) mass is 336 g/mol. The molecule has 0 atom stereocenters. The number of nitro groups is 1. The Bertz CT molecular complexity index is 942. The summed E-state index contributed by atoms with van der Waals surface area (Å²) in [4.78, 5) is 22.2. The second-order valence-corrected chi connectivity index (χ2v) is 6.64. The first-order valence-electron chi connectivity index (χ1n) is 6.42. The van der Waals surface area contributed by atoms with Crippen LogP contribution in [0.15, 0.2) is 47.4 Å². The first kappa shape index (κ1) is 15.1. The number of sulfonamides is 1. The van der Waals surface area contributed by atoms with Gasteiger partial charge in [-0.05, 0) is 18.2 Å². The molecule has 0 saturated carbocycles. The van der Waals surface area contributed by atoms with Gasteiger partial charge in [-0.3, -0.25) is 14.9 Å². The van der Waals surface area contributed by atoms with E-state index in [-0.39, 0.29) is 10.5 Å². The van der Waals surface area contributed by atoms with E-state index in [0.29, 0.717) is 4.31 Å². The van der Waals surface area contributed by atoms with Gasteiger partial charge in [-0.25, -0.2) is 17.1 Å². The van der Waals surface area contributed by atoms with Gasteiger partial charge in [0.25, 0.3) is 21.6 Å². The Hall–Kier alpha value is -2.81. The van der Waals surface area contributed by atoms with Crippen LogP contribution in [-0.2, 0) is 16.6 Å². The highest BCUT2D eigenvalue weighted by atomic mass is 32.2. The van der Waals surface area contributed by atoms with Crippen LogP contribution in [-0.4, -0.2) is 23.6 Å². The zero-order chi connectivity index (χ0) is 16.8. The predicted octanol–water partition coefficient (Wildman–Crippen LogP) is 2.08. The van der Waals surface area contributed by atoms with Crippen molar-refractivity contribution >= 4 is 21.6 Å². The maximum atomic E-state index is 13.9. The number of nitro benzene ring substituents is 1. The topological polar surface area (TPSA) is 97.6 Å². The molecule has 7 nitrogen and oxygen atoms in total. The Morgan fingerprint density at radius 1 is 1.13 bits per heavy atom. The molecule has 9 heteroatoms. The zero-order valence-corrected chi connectivity index (χ0v) is 12.3. The molecule has 1 amide bonds. The van der Waals surface area contributed by atoms with Gasteiger partial charge in [-0.1, -0.05) is 18.2 Å². The number of carbonyl (C=O) groups excluding carboxylic acids is 1. The number of hydrogen-bond donors (Lipinski definition) is 0. The number of hydrogen-bond acceptors (Lipinski definition) is 5. The molecule has 0 spiro atoms. The lowest BCUT2D eigenvalue weighted by molar-refractivity contribution is -0.385. The molecule has 118 valence electrons. The normalized spacial score (nSPS) is 15.5. The molecule has 1 heterocycles. The van der Waals surface area contributed by atoms with Crippen LogP contribution in [0.3, 0.4) is 0 Å². The summed E-state index contributed by atoms with van der Waals surface area (Å²) in [6, 6.07) is 8.73. The molecule has 1 aliphatic rings. The molecule has 3 rings (SSSR count). The summed E-state index contributed by atoms with van der Waals surface area (Å²) < 4.78 is 39.2. The molecule has 1 aliphatic heterocycles. The number of fused-ring (bicyclic) bond motifs is 1. The van der Waals surface area contributed by atoms with E-state index >= 15 is 0 Å². The van der Waals surface area contributed by atoms with Crippen molar-refractivity contribution in [1.29, 1.82) is 0 Å². The van der Waals surface area contributed by atoms with E-state index in [1.165, 1.54) is 24.3 Å². The molecule has 0 unspecified atom stereocenters. The third-order valence-corrected chi connectivity index (χ3v) is 5.29. The van der Waals surface area contributed by atoms with Gasteiger partial charge < -0.3 is 0 Å². The summed E-state index contributed by atoms with van der Waals surface area (Å²) in [6.45, 7) is -0.737. The van der Waals surface area contributed by atoms with Crippen LogP contribution in [0.4, 0.5) is 10.1 Å². The van der Waals surface area contributed by atoms with Gasteiger partial charge in [0.2, 0.25) is 0 Å². The summed E-state index contributed by atoms with van der Waals surface area (Å²) in [5.41, 5.74) is -1.07. The largest absolute Gasteiger partial charge is 0.277 e. The highest BCUT2D eigenvalue weighted by Gasteiger charge is 2.42. The van der Waals surface area contributed by atoms with E-state index < -0.39 is 44.5 Å². The Labute approximate surface area is 130 Å². The van der Waals surface area contributed by atoms with E-state index in [2.05, 4.69) is 0 Å². The van der Waals surface area contributed by atoms with E-state index in [1.54, 1.807) is 0 Å². The second kappa shape index (κ2) is 5.13. The van der Waals surface area contributed by atoms with Crippen LogP contribution in [0.25, 0.3) is 0 Å². The van der Waals surface area contributed by atoms with Crippen LogP contribution in [0.2, 0.25) is 0 Å². The molecule has 23 heavy (non-hydrogen) atoms. The van der Waals surface area contributed by atoms with E-state index in [1.807, 2.05) is 0 Å². The zero-order valence-electron chi connectivity index (χ0n) is 11.5. The molecule has 0 fully saturated rings. The molecule has 0 N–H and O–H groups in total. The smallest absolute Gasteiger partial charge is 0.268 e. The van der Waals surface area contributed by atoms with Gasteiger partial charge in [-0.2, -0.15) is 0 Å². The number of halogens is 1. The Morgan fingerprint density at radius 3 is 2.48 bits per heavy atom. The number of amides is 1. The predicted molar refractivity (Wildman–Crippen MR) is 76.6 cm³/mol. The van der Waals surface area contributed by atoms with Crippen molar-refractivity contribution in [3.05, 3.63) is 69.5 Å². The van der Waals surface area contributed by atoms with Crippen LogP contribution < -0.4 is 0 Å². The second-order valence-electron chi connectivity index (χ2n) is 4.81. The lowest BCUT2D eigenvalue weighted by Gasteiger charge is -2.15. The summed E-state index contributed by atoms with van der Waals surface area (Å²) >= 11 is 0. The molecular weight excluding hydrogens is 327 g/mol. The number of benzene rings is 2. The third-order valence-electron chi connectivity index (χ3n) is 3.50. The lowest BCUT2D eigenvalue weighted by Crippen LogP contribution is -2.30. The summed E-state index contributed by atoms with van der Waals surface area (Å²) in [6.07, 6.45) is 0. The van der Waals surface area contributed by atoms with Gasteiger partial charge in [0.15, 0.2) is 0 Å². The van der Waals surface area contributed by atoms with Crippen LogP contribution in [0, 0.1) is 15.9 Å². The Kier molecular flexibility index (Phi) is 3.37. The van der Waals surface area contributed by atoms with Crippen molar-refractivity contribution in [2.75, 3.05) is 0 Å². The third kappa shape index (κ3) is 2.25. The number of rotatable bonds is 3. The molecule has 2 aromatic rings. The fraction of sp³-hybridized carbons (Fsp3) is 0.0714. The first-order valence-corrected chi connectivity index (χ1v) is 7.86. The fourth-order valence-electron chi connectivity index (χ4n) is 2.41. The van der Waals surface area contributed by atoms with Crippen molar-refractivity contribution in [3.63, 3.8) is 0 Å². The van der Waals surface area contributed by atoms with Gasteiger partial charge in [-0.15, -0.1) is 0 Å². The van der Waals surface area contributed by atoms with Crippen LogP contribution in [0.1, 0.15) is 15.9 Å². The quantitative estimate of drug-likeness (QED) is 0.631. The average Bonchev–Trinajstić information content (AvgIpc) is 2.70. The Balaban J connectivity index is 2.10. The fourth-order valence-corrected chi connectivity index (χ4v) is 3.94. The molecule has 2 aromatic carbocycles. The molecular formula is C14H9FN2O5S. The summed E-state index contributed by atoms with van der Waals surface area (Å²) in [7, 11) is -4.16. The van der Waals surface area contributed by atoms with E-state index in [9.17, 15) is 27.7 Å². The Morgan fingerprint density at radius 2 is 1.83 bits per heavy atom.